The second-order valence-electron chi connectivity index (χ2n) is 5.50. The zero-order valence-corrected chi connectivity index (χ0v) is 13.1. The summed E-state index contributed by atoms with van der Waals surface area (Å²) in [7, 11) is 1.91. The van der Waals surface area contributed by atoms with Crippen molar-refractivity contribution in [3.8, 4) is 0 Å². The van der Waals surface area contributed by atoms with Crippen molar-refractivity contribution in [3.63, 3.8) is 0 Å². The fourth-order valence-corrected chi connectivity index (χ4v) is 2.50. The number of rotatable bonds is 5. The fraction of sp³-hybridized carbons (Fsp3) is 0.353. The van der Waals surface area contributed by atoms with Gasteiger partial charge in [-0.15, -0.1) is 0 Å². The molecule has 2 aromatic rings. The lowest BCUT2D eigenvalue weighted by Crippen LogP contribution is -2.32. The normalized spacial score (nSPS) is 17.0. The van der Waals surface area contributed by atoms with Crippen LogP contribution >= 0.6 is 0 Å². The van der Waals surface area contributed by atoms with Crippen LogP contribution in [0.25, 0.3) is 0 Å². The number of para-hydroxylation sites is 1. The molecule has 6 heteroatoms. The number of hydrogen-bond donors (Lipinski definition) is 1. The number of carbonyl (C=O) groups is 1. The van der Waals surface area contributed by atoms with E-state index >= 15 is 0 Å². The van der Waals surface area contributed by atoms with Crippen LogP contribution in [0.4, 0.5) is 11.5 Å². The molecule has 0 radical (unpaired) electrons. The first-order valence-electron chi connectivity index (χ1n) is 7.74. The predicted octanol–water partition coefficient (Wildman–Crippen LogP) is 2.15. The summed E-state index contributed by atoms with van der Waals surface area (Å²) in [5.41, 5.74) is 1.32. The van der Waals surface area contributed by atoms with Crippen molar-refractivity contribution in [2.75, 3.05) is 25.1 Å². The molecular weight excluding hydrogens is 292 g/mol. The van der Waals surface area contributed by atoms with Crippen LogP contribution in [0.5, 0.6) is 0 Å². The van der Waals surface area contributed by atoms with E-state index in [2.05, 4.69) is 15.3 Å². The fourth-order valence-electron chi connectivity index (χ4n) is 2.50. The first-order valence-corrected chi connectivity index (χ1v) is 7.74. The molecule has 1 aromatic carbocycles. The Morgan fingerprint density at radius 3 is 2.78 bits per heavy atom. The Balaban J connectivity index is 1.61. The third-order valence-corrected chi connectivity index (χ3v) is 3.87. The van der Waals surface area contributed by atoms with Gasteiger partial charge < -0.3 is 15.0 Å². The highest BCUT2D eigenvalue weighted by Gasteiger charge is 2.17. The minimum atomic E-state index is -0.220. The van der Waals surface area contributed by atoms with Crippen molar-refractivity contribution in [1.29, 1.82) is 0 Å². The molecule has 1 aliphatic heterocycles. The summed E-state index contributed by atoms with van der Waals surface area (Å²) in [6, 6.07) is 9.87. The Labute approximate surface area is 135 Å². The zero-order chi connectivity index (χ0) is 16.1. The first-order chi connectivity index (χ1) is 11.2. The molecule has 2 heterocycles. The molecule has 120 valence electrons. The number of ether oxygens (including phenoxy) is 1. The third-order valence-electron chi connectivity index (χ3n) is 3.87. The van der Waals surface area contributed by atoms with Crippen molar-refractivity contribution >= 4 is 17.4 Å². The highest BCUT2D eigenvalue weighted by atomic mass is 16.5. The maximum Gasteiger partial charge on any atom is 0.271 e. The number of benzene rings is 1. The summed E-state index contributed by atoms with van der Waals surface area (Å²) in [5.74, 6) is 0.466. The highest BCUT2D eigenvalue weighted by Crippen LogP contribution is 2.19. The largest absolute Gasteiger partial charge is 0.376 e. The van der Waals surface area contributed by atoms with Gasteiger partial charge in [-0.05, 0) is 25.0 Å². The van der Waals surface area contributed by atoms with Gasteiger partial charge in [-0.2, -0.15) is 0 Å². The topological polar surface area (TPSA) is 67.4 Å². The number of anilines is 2. The van der Waals surface area contributed by atoms with Crippen LogP contribution in [0.3, 0.4) is 0 Å². The molecule has 1 saturated heterocycles. The molecule has 3 rings (SSSR count). The minimum Gasteiger partial charge on any atom is -0.376 e. The Hall–Kier alpha value is -2.47. The summed E-state index contributed by atoms with van der Waals surface area (Å²) in [6.07, 6.45) is 5.27. The highest BCUT2D eigenvalue weighted by molar-refractivity contribution is 5.92. The second-order valence-corrected chi connectivity index (χ2v) is 5.50. The Kier molecular flexibility index (Phi) is 4.83. The molecule has 1 aromatic heterocycles. The van der Waals surface area contributed by atoms with E-state index in [4.69, 9.17) is 4.74 Å². The van der Waals surface area contributed by atoms with Crippen LogP contribution < -0.4 is 10.2 Å². The molecule has 1 unspecified atom stereocenters. The Bertz CT molecular complexity index is 639. The van der Waals surface area contributed by atoms with E-state index in [0.717, 1.165) is 25.1 Å². The molecule has 0 spiro atoms. The minimum absolute atomic E-state index is 0.121. The van der Waals surface area contributed by atoms with Crippen molar-refractivity contribution in [2.45, 2.75) is 18.9 Å². The van der Waals surface area contributed by atoms with E-state index < -0.39 is 0 Å². The van der Waals surface area contributed by atoms with Gasteiger partial charge in [0.05, 0.1) is 18.5 Å². The molecule has 0 saturated carbocycles. The van der Waals surface area contributed by atoms with E-state index in [0.29, 0.717) is 18.1 Å². The molecule has 1 N–H and O–H groups in total. The number of carbonyl (C=O) groups excluding carboxylic acids is 1. The lowest BCUT2D eigenvalue weighted by Gasteiger charge is -2.17. The van der Waals surface area contributed by atoms with Gasteiger partial charge in [-0.25, -0.2) is 9.97 Å². The van der Waals surface area contributed by atoms with Gasteiger partial charge in [0.1, 0.15) is 5.69 Å². The van der Waals surface area contributed by atoms with Gasteiger partial charge in [0.15, 0.2) is 5.82 Å². The van der Waals surface area contributed by atoms with Crippen LogP contribution in [-0.4, -0.2) is 42.2 Å². The van der Waals surface area contributed by atoms with E-state index in [-0.39, 0.29) is 12.0 Å². The molecule has 1 fully saturated rings. The molecular formula is C17H20N4O2. The summed E-state index contributed by atoms with van der Waals surface area (Å²) < 4.78 is 5.48. The quantitative estimate of drug-likeness (QED) is 0.916. The predicted molar refractivity (Wildman–Crippen MR) is 87.8 cm³/mol. The van der Waals surface area contributed by atoms with Crippen LogP contribution in [-0.2, 0) is 4.74 Å². The molecule has 0 bridgehead atoms. The van der Waals surface area contributed by atoms with E-state index in [1.807, 2.05) is 42.3 Å². The average molecular weight is 312 g/mol. The smallest absolute Gasteiger partial charge is 0.271 e. The van der Waals surface area contributed by atoms with Gasteiger partial charge >= 0.3 is 0 Å². The SMILES string of the molecule is CN(c1ccccc1)c1cnc(C(=O)NCC2CCCO2)cn1. The zero-order valence-electron chi connectivity index (χ0n) is 13.1. The number of aromatic nitrogens is 2. The van der Waals surface area contributed by atoms with Crippen LogP contribution in [0.15, 0.2) is 42.7 Å². The molecule has 1 amide bonds. The molecule has 23 heavy (non-hydrogen) atoms. The van der Waals surface area contributed by atoms with Gasteiger partial charge in [0, 0.05) is 25.9 Å². The summed E-state index contributed by atoms with van der Waals surface area (Å²) in [4.78, 5) is 22.5. The van der Waals surface area contributed by atoms with Crippen molar-refractivity contribution in [1.82, 2.24) is 15.3 Å². The lowest BCUT2D eigenvalue weighted by molar-refractivity contribution is 0.0853. The van der Waals surface area contributed by atoms with Crippen molar-refractivity contribution in [3.05, 3.63) is 48.4 Å². The van der Waals surface area contributed by atoms with Gasteiger partial charge in [0.25, 0.3) is 5.91 Å². The maximum atomic E-state index is 12.1. The van der Waals surface area contributed by atoms with Gasteiger partial charge in [-0.3, -0.25) is 4.79 Å². The van der Waals surface area contributed by atoms with Crippen LogP contribution in [0.2, 0.25) is 0 Å². The summed E-state index contributed by atoms with van der Waals surface area (Å²) in [6.45, 7) is 1.30. The lowest BCUT2D eigenvalue weighted by atomic mass is 10.2. The molecule has 6 nitrogen and oxygen atoms in total. The second kappa shape index (κ2) is 7.19. The van der Waals surface area contributed by atoms with Crippen LogP contribution in [0, 0.1) is 0 Å². The number of hydrogen-bond acceptors (Lipinski definition) is 5. The van der Waals surface area contributed by atoms with E-state index in [1.165, 1.54) is 6.20 Å². The Morgan fingerprint density at radius 2 is 2.13 bits per heavy atom. The van der Waals surface area contributed by atoms with Crippen LogP contribution in [0.1, 0.15) is 23.3 Å². The monoisotopic (exact) mass is 312 g/mol. The third kappa shape index (κ3) is 3.84. The van der Waals surface area contributed by atoms with E-state index in [1.54, 1.807) is 6.20 Å². The van der Waals surface area contributed by atoms with E-state index in [9.17, 15) is 4.79 Å². The molecule has 1 aliphatic rings. The number of nitrogens with one attached hydrogen (secondary N) is 1. The standard InChI is InChI=1S/C17H20N4O2/c1-21(13-6-3-2-4-7-13)16-12-18-15(11-19-16)17(22)20-10-14-8-5-9-23-14/h2-4,6-7,11-12,14H,5,8-10H2,1H3,(H,20,22). The first kappa shape index (κ1) is 15.4. The van der Waals surface area contributed by atoms with Gasteiger partial charge in [-0.1, -0.05) is 18.2 Å². The van der Waals surface area contributed by atoms with Crippen molar-refractivity contribution in [2.24, 2.45) is 0 Å². The summed E-state index contributed by atoms with van der Waals surface area (Å²) in [5, 5.41) is 2.84. The molecule has 1 atom stereocenters. The maximum absolute atomic E-state index is 12.1. The number of amides is 1. The van der Waals surface area contributed by atoms with Crippen molar-refractivity contribution < 1.29 is 9.53 Å². The van der Waals surface area contributed by atoms with Gasteiger partial charge in [0.2, 0.25) is 0 Å². The average Bonchev–Trinajstić information content (AvgIpc) is 3.13. The summed E-state index contributed by atoms with van der Waals surface area (Å²) >= 11 is 0. The Morgan fingerprint density at radius 1 is 1.30 bits per heavy atom. The number of nitrogens with zero attached hydrogens (tertiary/aromatic N) is 3. The molecule has 0 aliphatic carbocycles.